The molecule has 0 radical (unpaired) electrons. The molecule has 2 heterocycles. The normalized spacial score (nSPS) is 13.8. The molecule has 0 aliphatic carbocycles. The number of likely N-dealkylation sites (tertiary alicyclic amines) is 1. The largest absolute Gasteiger partial charge is 0.492 e. The smallest absolute Gasteiger partial charge is 0.281 e. The van der Waals surface area contributed by atoms with Crippen LogP contribution in [0.2, 0.25) is 0 Å². The molecule has 174 valence electrons. The Labute approximate surface area is 189 Å². The molecule has 0 bridgehead atoms. The first-order valence-corrected chi connectivity index (χ1v) is 10.5. The highest BCUT2D eigenvalue weighted by molar-refractivity contribution is 5.97. The number of carbonyl (C=O) groups excluding carboxylic acids is 1. The number of anilines is 3. The van der Waals surface area contributed by atoms with Crippen molar-refractivity contribution in [2.75, 3.05) is 44.4 Å². The number of aromatic nitrogens is 3. The van der Waals surface area contributed by atoms with E-state index in [2.05, 4.69) is 25.0 Å². The van der Waals surface area contributed by atoms with Crippen LogP contribution in [-0.4, -0.2) is 58.9 Å². The van der Waals surface area contributed by atoms with Crippen LogP contribution in [0.25, 0.3) is 0 Å². The average molecular weight is 458 g/mol. The molecule has 0 unspecified atom stereocenters. The monoisotopic (exact) mass is 458 g/mol. The number of hydrogen-bond acceptors (Lipinski definition) is 8. The Balaban J connectivity index is 1.39. The standard InChI is InChI=1S/C22H24F2N6O3/c1-32-19-17(23)12-14(13-18(19)24)20(31)30-21(25)27-22(28-30)26-15-4-6-16(7-5-15)33-11-10-29-8-2-3-9-29/h4-7,12-13H,2-3,8-11H2,1H3,(H3,25,26,27,28). The Bertz CT molecular complexity index is 1110. The molecule has 1 fully saturated rings. The summed E-state index contributed by atoms with van der Waals surface area (Å²) >= 11 is 0. The lowest BCUT2D eigenvalue weighted by atomic mass is 10.2. The van der Waals surface area contributed by atoms with E-state index in [0.717, 1.165) is 49.3 Å². The van der Waals surface area contributed by atoms with E-state index in [-0.39, 0.29) is 17.5 Å². The lowest BCUT2D eigenvalue weighted by Gasteiger charge is -2.15. The third-order valence-corrected chi connectivity index (χ3v) is 5.26. The first-order chi connectivity index (χ1) is 15.9. The second-order valence-electron chi connectivity index (χ2n) is 7.53. The zero-order valence-corrected chi connectivity index (χ0v) is 18.1. The minimum atomic E-state index is -1.01. The number of rotatable bonds is 8. The molecule has 2 aromatic carbocycles. The van der Waals surface area contributed by atoms with Crippen LogP contribution in [0.4, 0.5) is 26.4 Å². The fourth-order valence-electron chi connectivity index (χ4n) is 3.59. The first kappa shape index (κ1) is 22.5. The maximum absolute atomic E-state index is 14.0. The van der Waals surface area contributed by atoms with Crippen molar-refractivity contribution in [2.24, 2.45) is 0 Å². The van der Waals surface area contributed by atoms with E-state index >= 15 is 0 Å². The van der Waals surface area contributed by atoms with Gasteiger partial charge in [-0.05, 0) is 62.3 Å². The molecule has 4 rings (SSSR count). The summed E-state index contributed by atoms with van der Waals surface area (Å²) in [4.78, 5) is 19.0. The first-order valence-electron chi connectivity index (χ1n) is 10.5. The number of hydrogen-bond donors (Lipinski definition) is 2. The molecule has 0 atom stereocenters. The number of halogens is 2. The summed E-state index contributed by atoms with van der Waals surface area (Å²) in [5.74, 6) is -2.89. The van der Waals surface area contributed by atoms with Crippen LogP contribution in [0.5, 0.6) is 11.5 Å². The van der Waals surface area contributed by atoms with Gasteiger partial charge in [-0.2, -0.15) is 9.67 Å². The van der Waals surface area contributed by atoms with E-state index in [0.29, 0.717) is 12.3 Å². The lowest BCUT2D eigenvalue weighted by molar-refractivity contribution is 0.0947. The van der Waals surface area contributed by atoms with Gasteiger partial charge in [0, 0.05) is 17.8 Å². The van der Waals surface area contributed by atoms with Gasteiger partial charge in [0.1, 0.15) is 12.4 Å². The summed E-state index contributed by atoms with van der Waals surface area (Å²) in [6.45, 7) is 3.76. The van der Waals surface area contributed by atoms with Gasteiger partial charge in [0.15, 0.2) is 17.4 Å². The van der Waals surface area contributed by atoms with Crippen LogP contribution in [0.15, 0.2) is 36.4 Å². The highest BCUT2D eigenvalue weighted by Crippen LogP contribution is 2.24. The zero-order valence-electron chi connectivity index (χ0n) is 18.1. The number of nitrogens with one attached hydrogen (secondary N) is 1. The van der Waals surface area contributed by atoms with Crippen molar-refractivity contribution in [2.45, 2.75) is 12.8 Å². The van der Waals surface area contributed by atoms with E-state index in [1.165, 1.54) is 12.8 Å². The van der Waals surface area contributed by atoms with Gasteiger partial charge in [0.2, 0.25) is 11.9 Å². The van der Waals surface area contributed by atoms with Gasteiger partial charge in [-0.15, -0.1) is 5.10 Å². The third kappa shape index (κ3) is 5.20. The number of carbonyl (C=O) groups is 1. The van der Waals surface area contributed by atoms with Crippen molar-refractivity contribution < 1.29 is 23.0 Å². The van der Waals surface area contributed by atoms with Crippen LogP contribution < -0.4 is 20.5 Å². The Hall–Kier alpha value is -3.73. The van der Waals surface area contributed by atoms with E-state index < -0.39 is 23.3 Å². The Morgan fingerprint density at radius 2 is 1.82 bits per heavy atom. The summed E-state index contributed by atoms with van der Waals surface area (Å²) < 4.78 is 39.1. The number of methoxy groups -OCH3 is 1. The molecule has 1 aliphatic rings. The van der Waals surface area contributed by atoms with Gasteiger partial charge in [-0.3, -0.25) is 9.69 Å². The summed E-state index contributed by atoms with van der Waals surface area (Å²) in [6.07, 6.45) is 2.49. The Morgan fingerprint density at radius 1 is 1.15 bits per heavy atom. The molecular formula is C22H24F2N6O3. The summed E-state index contributed by atoms with van der Waals surface area (Å²) in [5.41, 5.74) is 6.15. The molecule has 0 amide bonds. The average Bonchev–Trinajstić information content (AvgIpc) is 3.44. The van der Waals surface area contributed by atoms with Crippen LogP contribution in [0.1, 0.15) is 23.2 Å². The van der Waals surface area contributed by atoms with Gasteiger partial charge < -0.3 is 20.5 Å². The highest BCUT2D eigenvalue weighted by atomic mass is 19.1. The molecule has 9 nitrogen and oxygen atoms in total. The number of nitrogens with zero attached hydrogens (tertiary/aromatic N) is 4. The maximum Gasteiger partial charge on any atom is 0.281 e. The third-order valence-electron chi connectivity index (χ3n) is 5.26. The van der Waals surface area contributed by atoms with Gasteiger partial charge in [0.05, 0.1) is 7.11 Å². The van der Waals surface area contributed by atoms with Crippen molar-refractivity contribution in [1.29, 1.82) is 0 Å². The van der Waals surface area contributed by atoms with Crippen LogP contribution >= 0.6 is 0 Å². The van der Waals surface area contributed by atoms with Crippen molar-refractivity contribution in [3.05, 3.63) is 53.6 Å². The van der Waals surface area contributed by atoms with E-state index in [4.69, 9.17) is 10.5 Å². The predicted molar refractivity (Wildman–Crippen MR) is 118 cm³/mol. The van der Waals surface area contributed by atoms with Crippen molar-refractivity contribution >= 4 is 23.5 Å². The molecule has 3 N–H and O–H groups in total. The number of benzene rings is 2. The Morgan fingerprint density at radius 3 is 2.45 bits per heavy atom. The molecular weight excluding hydrogens is 434 g/mol. The van der Waals surface area contributed by atoms with Gasteiger partial charge >= 0.3 is 0 Å². The van der Waals surface area contributed by atoms with E-state index in [1.807, 2.05) is 0 Å². The summed E-state index contributed by atoms with van der Waals surface area (Å²) in [5, 5.41) is 6.94. The Kier molecular flexibility index (Phi) is 6.68. The molecule has 33 heavy (non-hydrogen) atoms. The van der Waals surface area contributed by atoms with E-state index in [9.17, 15) is 13.6 Å². The van der Waals surface area contributed by atoms with Gasteiger partial charge in [-0.1, -0.05) is 0 Å². The predicted octanol–water partition coefficient (Wildman–Crippen LogP) is 3.05. The molecule has 11 heteroatoms. The minimum absolute atomic E-state index is 0.0537. The topological polar surface area (TPSA) is 108 Å². The van der Waals surface area contributed by atoms with Crippen LogP contribution in [-0.2, 0) is 0 Å². The number of ether oxygens (including phenoxy) is 2. The SMILES string of the molecule is COc1c(F)cc(C(=O)n2nc(Nc3ccc(OCCN4CCCC4)cc3)nc2N)cc1F. The molecule has 0 spiro atoms. The summed E-state index contributed by atoms with van der Waals surface area (Å²) in [7, 11) is 1.13. The van der Waals surface area contributed by atoms with Gasteiger partial charge in [0.25, 0.3) is 5.91 Å². The lowest BCUT2D eigenvalue weighted by Crippen LogP contribution is -2.25. The second kappa shape index (κ2) is 9.82. The maximum atomic E-state index is 14.0. The molecule has 0 saturated carbocycles. The fourth-order valence-corrected chi connectivity index (χ4v) is 3.59. The van der Waals surface area contributed by atoms with E-state index in [1.54, 1.807) is 24.3 Å². The van der Waals surface area contributed by atoms with Crippen LogP contribution in [0, 0.1) is 11.6 Å². The highest BCUT2D eigenvalue weighted by Gasteiger charge is 2.20. The van der Waals surface area contributed by atoms with Gasteiger partial charge in [-0.25, -0.2) is 8.78 Å². The second-order valence-corrected chi connectivity index (χ2v) is 7.53. The van der Waals surface area contributed by atoms with Crippen LogP contribution in [0.3, 0.4) is 0 Å². The molecule has 3 aromatic rings. The quantitative estimate of drug-likeness (QED) is 0.530. The van der Waals surface area contributed by atoms with Crippen molar-refractivity contribution in [1.82, 2.24) is 19.7 Å². The van der Waals surface area contributed by atoms with Crippen molar-refractivity contribution in [3.8, 4) is 11.5 Å². The minimum Gasteiger partial charge on any atom is -0.492 e. The molecule has 1 aromatic heterocycles. The molecule has 1 saturated heterocycles. The zero-order chi connectivity index (χ0) is 23.4. The number of nitrogens with two attached hydrogens (primary N) is 1. The van der Waals surface area contributed by atoms with Crippen molar-refractivity contribution in [3.63, 3.8) is 0 Å². The molecule has 1 aliphatic heterocycles. The number of nitrogen functional groups attached to an aromatic ring is 1. The summed E-state index contributed by atoms with van der Waals surface area (Å²) in [6, 6.07) is 8.86. The fraction of sp³-hybridized carbons (Fsp3) is 0.318.